The van der Waals surface area contributed by atoms with E-state index in [1.54, 1.807) is 0 Å². The van der Waals surface area contributed by atoms with Gasteiger partial charge in [-0.05, 0) is 0 Å². The van der Waals surface area contributed by atoms with Crippen LogP contribution in [0, 0.1) is 0 Å². The summed E-state index contributed by atoms with van der Waals surface area (Å²) in [5.41, 5.74) is 6.15. The molecule has 0 saturated carbocycles. The van der Waals surface area contributed by atoms with Gasteiger partial charge in [0.25, 0.3) is 0 Å². The van der Waals surface area contributed by atoms with Crippen LogP contribution >= 0.6 is 15.2 Å². The lowest BCUT2D eigenvalue weighted by Gasteiger charge is -2.23. The highest BCUT2D eigenvalue weighted by Gasteiger charge is 2.47. The van der Waals surface area contributed by atoms with Gasteiger partial charge in [0.1, 0.15) is 42.4 Å². The van der Waals surface area contributed by atoms with E-state index in [4.69, 9.17) is 24.3 Å². The van der Waals surface area contributed by atoms with E-state index in [2.05, 4.69) is 20.3 Å². The van der Waals surface area contributed by atoms with Crippen LogP contribution in [0.4, 0.5) is 5.82 Å². The molecule has 0 radical (unpaired) electrons. The van der Waals surface area contributed by atoms with E-state index in [0.29, 0.717) is 0 Å². The third kappa shape index (κ3) is 6.62. The Balaban J connectivity index is 1.34. The quantitative estimate of drug-likeness (QED) is 0.126. The summed E-state index contributed by atoms with van der Waals surface area (Å²) in [7, 11) is -9.66. The van der Waals surface area contributed by atoms with Crippen molar-refractivity contribution in [3.05, 3.63) is 12.7 Å². The summed E-state index contributed by atoms with van der Waals surface area (Å²) in [6, 6.07) is -1.18. The van der Waals surface area contributed by atoms with Gasteiger partial charge in [-0.2, -0.15) is 0 Å². The summed E-state index contributed by atoms with van der Waals surface area (Å²) < 4.78 is 46.6. The molecular formula is C18H28N6O13P2. The molecule has 2 aliphatic heterocycles. The van der Waals surface area contributed by atoms with Crippen LogP contribution in [0.25, 0.3) is 11.2 Å². The Labute approximate surface area is 219 Å². The van der Waals surface area contributed by atoms with E-state index in [1.807, 2.05) is 0 Å². The summed E-state index contributed by atoms with van der Waals surface area (Å²) in [4.78, 5) is 43.4. The number of nitrogens with zero attached hydrogens (tertiary/aromatic N) is 4. The molecule has 4 heterocycles. The number of amides is 1. The van der Waals surface area contributed by atoms with Crippen LogP contribution in [0.2, 0.25) is 0 Å². The normalized spacial score (nSPS) is 34.1. The van der Waals surface area contributed by atoms with Crippen molar-refractivity contribution in [2.75, 3.05) is 24.9 Å². The highest BCUT2D eigenvalue weighted by Crippen LogP contribution is 2.58. The first kappa shape index (κ1) is 29.9. The van der Waals surface area contributed by atoms with Gasteiger partial charge in [0, 0.05) is 6.92 Å². The molecule has 19 nitrogen and oxygen atoms in total. The minimum atomic E-state index is -4.84. The van der Waals surface area contributed by atoms with E-state index in [0.717, 1.165) is 13.3 Å². The molecule has 2 fully saturated rings. The number of anilines is 1. The number of carbonyl (C=O) groups is 1. The van der Waals surface area contributed by atoms with Gasteiger partial charge in [0.15, 0.2) is 29.9 Å². The zero-order chi connectivity index (χ0) is 28.7. The van der Waals surface area contributed by atoms with Crippen molar-refractivity contribution in [1.29, 1.82) is 0 Å². The van der Waals surface area contributed by atoms with Crippen molar-refractivity contribution in [2.45, 2.75) is 56.0 Å². The molecule has 2 aliphatic rings. The number of nitrogen functional groups attached to an aromatic ring is 1. The summed E-state index contributed by atoms with van der Waals surface area (Å²) in [6.07, 6.45) is -7.79. The number of nitrogens with two attached hydrogens (primary N) is 1. The number of nitrogens with one attached hydrogen (secondary N) is 1. The second kappa shape index (κ2) is 11.4. The fourth-order valence-corrected chi connectivity index (χ4v) is 7.36. The molecule has 9 N–H and O–H groups in total. The van der Waals surface area contributed by atoms with Crippen molar-refractivity contribution in [3.63, 3.8) is 0 Å². The minimum Gasteiger partial charge on any atom is -0.387 e. The lowest BCUT2D eigenvalue weighted by molar-refractivity contribution is -0.131. The van der Waals surface area contributed by atoms with Gasteiger partial charge < -0.3 is 59.8 Å². The molecule has 4 rings (SSSR count). The Kier molecular flexibility index (Phi) is 8.73. The van der Waals surface area contributed by atoms with Crippen molar-refractivity contribution < 1.29 is 62.7 Å². The van der Waals surface area contributed by atoms with E-state index < -0.39 is 89.3 Å². The van der Waals surface area contributed by atoms with Gasteiger partial charge >= 0.3 is 15.2 Å². The molecule has 5 unspecified atom stereocenters. The Morgan fingerprint density at radius 2 is 1.67 bits per heavy atom. The van der Waals surface area contributed by atoms with E-state index in [1.165, 1.54) is 10.9 Å². The van der Waals surface area contributed by atoms with Crippen molar-refractivity contribution in [2.24, 2.45) is 0 Å². The lowest BCUT2D eigenvalue weighted by atomic mass is 10.1. The maximum absolute atomic E-state index is 12.5. The Morgan fingerprint density at radius 1 is 1.03 bits per heavy atom. The molecule has 21 heteroatoms. The highest BCUT2D eigenvalue weighted by molar-refractivity contribution is 7.70. The van der Waals surface area contributed by atoms with Crippen LogP contribution in [-0.4, -0.2) is 118 Å². The zero-order valence-corrected chi connectivity index (χ0v) is 22.0. The smallest absolute Gasteiger partial charge is 0.340 e. The van der Waals surface area contributed by atoms with Gasteiger partial charge in [-0.1, -0.05) is 0 Å². The summed E-state index contributed by atoms with van der Waals surface area (Å²) in [5.74, 6) is -1.88. The number of ether oxygens (including phenoxy) is 2. The Hall–Kier alpha value is -2.12. The number of imidazole rings is 1. The Morgan fingerprint density at radius 3 is 2.31 bits per heavy atom. The van der Waals surface area contributed by atoms with Crippen molar-refractivity contribution in [1.82, 2.24) is 24.8 Å². The number of aliphatic hydroxyl groups excluding tert-OH is 4. The average molecular weight is 598 g/mol. The first-order valence-electron chi connectivity index (χ1n) is 11.3. The largest absolute Gasteiger partial charge is 0.387 e. The average Bonchev–Trinajstić information content (AvgIpc) is 3.47. The predicted octanol–water partition coefficient (Wildman–Crippen LogP) is -3.03. The number of rotatable bonds is 10. The van der Waals surface area contributed by atoms with Crippen LogP contribution in [0.15, 0.2) is 12.7 Å². The standard InChI is InChI=1S/C18H28N6O13P2/c1-7(25)23-10-8(37-18(29)13(10)27)2-34-38(30,31)6-39(32,33)35-3-9-12(26)14(28)17(36-9)24-5-22-11-15(19)20-4-21-16(11)24/h4-5,8-10,12-14,17-18,26-29H,2-3,6H2,1H3,(H,23,25)(H,30,31)(H,32,33)(H2,19,20,21)/t8-,9-,10?,12?,13+,14?,17-,18-/m1/s1. The van der Waals surface area contributed by atoms with Crippen LogP contribution in [0.5, 0.6) is 0 Å². The van der Waals surface area contributed by atoms with E-state index in [9.17, 15) is 44.1 Å². The second-order valence-corrected chi connectivity index (χ2v) is 13.1. The number of aromatic nitrogens is 4. The number of hydrogen-bond acceptors (Lipinski definition) is 15. The van der Waals surface area contributed by atoms with Gasteiger partial charge in [0.2, 0.25) is 5.91 Å². The van der Waals surface area contributed by atoms with Crippen LogP contribution in [-0.2, 0) is 32.4 Å². The molecule has 0 spiro atoms. The summed E-state index contributed by atoms with van der Waals surface area (Å²) in [5, 5.41) is 42.7. The molecule has 1 amide bonds. The first-order chi connectivity index (χ1) is 18.2. The number of hydrogen-bond donors (Lipinski definition) is 8. The van der Waals surface area contributed by atoms with Crippen LogP contribution < -0.4 is 11.1 Å². The summed E-state index contributed by atoms with van der Waals surface area (Å²) >= 11 is 0. The molecule has 2 aromatic heterocycles. The second-order valence-electron chi connectivity index (χ2n) is 8.92. The fraction of sp³-hybridized carbons (Fsp3) is 0.667. The molecule has 2 saturated heterocycles. The van der Waals surface area contributed by atoms with Crippen LogP contribution in [0.1, 0.15) is 13.2 Å². The first-order valence-corrected chi connectivity index (χ1v) is 14.9. The monoisotopic (exact) mass is 598 g/mol. The zero-order valence-electron chi connectivity index (χ0n) is 20.2. The van der Waals surface area contributed by atoms with Gasteiger partial charge in [-0.3, -0.25) is 18.5 Å². The topological polar surface area (TPSA) is 291 Å². The molecule has 39 heavy (non-hydrogen) atoms. The molecule has 0 aromatic carbocycles. The van der Waals surface area contributed by atoms with E-state index in [-0.39, 0.29) is 17.0 Å². The lowest BCUT2D eigenvalue weighted by Crippen LogP contribution is -2.48. The number of aliphatic hydroxyl groups is 4. The minimum absolute atomic E-state index is 0.0704. The fourth-order valence-electron chi connectivity index (χ4n) is 4.14. The molecule has 10 atom stereocenters. The third-order valence-electron chi connectivity index (χ3n) is 5.98. The van der Waals surface area contributed by atoms with Gasteiger partial charge in [-0.15, -0.1) is 0 Å². The molecule has 2 aromatic rings. The molecule has 218 valence electrons. The maximum Gasteiger partial charge on any atom is 0.340 e. The molecule has 0 bridgehead atoms. The molecular weight excluding hydrogens is 570 g/mol. The SMILES string of the molecule is CC(=O)NC1[C@@H](COP(=O)(O)CP(=O)(O)OC[C@H]2O[C@@H](n3cnc4c(N)ncnc43)C(O)C2O)O[C@@H](O)[C@H]1O. The number of fused-ring (bicyclic) bond motifs is 1. The third-order valence-corrected chi connectivity index (χ3v) is 9.95. The molecule has 0 aliphatic carbocycles. The van der Waals surface area contributed by atoms with Crippen molar-refractivity contribution >= 4 is 38.1 Å². The van der Waals surface area contributed by atoms with Gasteiger partial charge in [-0.25, -0.2) is 15.0 Å². The van der Waals surface area contributed by atoms with Crippen molar-refractivity contribution in [3.8, 4) is 0 Å². The van der Waals surface area contributed by atoms with E-state index >= 15 is 0 Å². The highest BCUT2D eigenvalue weighted by atomic mass is 31.2. The van der Waals surface area contributed by atoms with Gasteiger partial charge in [0.05, 0.1) is 25.6 Å². The Bertz CT molecular complexity index is 1300. The summed E-state index contributed by atoms with van der Waals surface area (Å²) in [6.45, 7) is -0.362. The maximum atomic E-state index is 12.5. The van der Waals surface area contributed by atoms with Crippen LogP contribution in [0.3, 0.4) is 0 Å². The predicted molar refractivity (Wildman–Crippen MR) is 127 cm³/mol. The number of carbonyl (C=O) groups excluding carboxylic acids is 1.